The highest BCUT2D eigenvalue weighted by Gasteiger charge is 2.26. The lowest BCUT2D eigenvalue weighted by Gasteiger charge is -2.35. The van der Waals surface area contributed by atoms with Crippen molar-refractivity contribution in [1.29, 1.82) is 0 Å². The average molecular weight is 387 g/mol. The zero-order valence-electron chi connectivity index (χ0n) is 14.2. The Hall–Kier alpha value is -2.08. The largest absolute Gasteiger partial charge is 0.459 e. The summed E-state index contributed by atoms with van der Waals surface area (Å²) in [6.07, 6.45) is 2.55. The number of thiophene rings is 1. The van der Waals surface area contributed by atoms with E-state index in [1.165, 1.54) is 16.7 Å². The first kappa shape index (κ1) is 17.3. The number of hydrogen-bond acceptors (Lipinski definition) is 4. The van der Waals surface area contributed by atoms with E-state index in [1.807, 2.05) is 35.6 Å². The Balaban J connectivity index is 1.53. The monoisotopic (exact) mass is 386 g/mol. The molecule has 0 saturated carbocycles. The smallest absolute Gasteiger partial charge is 0.287 e. The molecule has 0 fully saturated rings. The summed E-state index contributed by atoms with van der Waals surface area (Å²) in [7, 11) is 0. The SMILES string of the molecule is O=C(NCC(c1ccc(Cl)cc1)N1CCc2sccc2C1)c1ccco1. The zero-order valence-corrected chi connectivity index (χ0v) is 15.7. The number of furan rings is 1. The van der Waals surface area contributed by atoms with Gasteiger partial charge < -0.3 is 9.73 Å². The van der Waals surface area contributed by atoms with Gasteiger partial charge in [-0.25, -0.2) is 0 Å². The molecule has 3 aromatic rings. The van der Waals surface area contributed by atoms with Gasteiger partial charge >= 0.3 is 0 Å². The Kier molecular flexibility index (Phi) is 5.11. The topological polar surface area (TPSA) is 45.5 Å². The third kappa shape index (κ3) is 3.70. The molecule has 1 aliphatic heterocycles. The molecular formula is C20H19ClN2O2S. The number of rotatable bonds is 5. The number of nitrogens with zero attached hydrogens (tertiary/aromatic N) is 1. The van der Waals surface area contributed by atoms with Crippen LogP contribution >= 0.6 is 22.9 Å². The number of carbonyl (C=O) groups excluding carboxylic acids is 1. The van der Waals surface area contributed by atoms with Crippen LogP contribution in [0.5, 0.6) is 0 Å². The van der Waals surface area contributed by atoms with Crippen LogP contribution in [-0.2, 0) is 13.0 Å². The molecule has 1 N–H and O–H groups in total. The van der Waals surface area contributed by atoms with E-state index in [0.29, 0.717) is 17.3 Å². The molecule has 4 rings (SSSR count). The first-order valence-corrected chi connectivity index (χ1v) is 9.83. The summed E-state index contributed by atoms with van der Waals surface area (Å²) in [6, 6.07) is 13.5. The number of nitrogens with one attached hydrogen (secondary N) is 1. The third-order valence-corrected chi connectivity index (χ3v) is 6.01. The van der Waals surface area contributed by atoms with Crippen LogP contribution in [0.2, 0.25) is 5.02 Å². The zero-order chi connectivity index (χ0) is 17.9. The molecule has 134 valence electrons. The maximum Gasteiger partial charge on any atom is 0.287 e. The summed E-state index contributed by atoms with van der Waals surface area (Å²) >= 11 is 7.88. The van der Waals surface area contributed by atoms with Crippen molar-refractivity contribution in [2.75, 3.05) is 13.1 Å². The number of amides is 1. The maximum absolute atomic E-state index is 12.3. The van der Waals surface area contributed by atoms with Crippen molar-refractivity contribution in [2.45, 2.75) is 19.0 Å². The Labute approximate surface area is 161 Å². The normalized spacial score (nSPS) is 15.4. The first-order chi connectivity index (χ1) is 12.7. The molecular weight excluding hydrogens is 368 g/mol. The van der Waals surface area contributed by atoms with E-state index in [0.717, 1.165) is 25.1 Å². The number of fused-ring (bicyclic) bond motifs is 1. The van der Waals surface area contributed by atoms with Crippen LogP contribution in [0, 0.1) is 0 Å². The van der Waals surface area contributed by atoms with E-state index in [4.69, 9.17) is 16.0 Å². The van der Waals surface area contributed by atoms with E-state index >= 15 is 0 Å². The van der Waals surface area contributed by atoms with Crippen molar-refractivity contribution in [3.05, 3.63) is 80.9 Å². The fourth-order valence-electron chi connectivity index (χ4n) is 3.36. The van der Waals surface area contributed by atoms with E-state index in [9.17, 15) is 4.79 Å². The Morgan fingerprint density at radius 3 is 2.88 bits per heavy atom. The summed E-state index contributed by atoms with van der Waals surface area (Å²) in [5, 5.41) is 5.88. The van der Waals surface area contributed by atoms with Crippen LogP contribution in [0.1, 0.15) is 32.6 Å². The highest BCUT2D eigenvalue weighted by Crippen LogP contribution is 2.30. The van der Waals surface area contributed by atoms with Gasteiger partial charge in [0.1, 0.15) is 0 Å². The van der Waals surface area contributed by atoms with E-state index in [1.54, 1.807) is 12.1 Å². The van der Waals surface area contributed by atoms with Crippen LogP contribution in [0.15, 0.2) is 58.5 Å². The van der Waals surface area contributed by atoms with Gasteiger partial charge in [-0.2, -0.15) is 0 Å². The number of hydrogen-bond donors (Lipinski definition) is 1. The van der Waals surface area contributed by atoms with Gasteiger partial charge in [0, 0.05) is 29.5 Å². The predicted octanol–water partition coefficient (Wildman–Crippen LogP) is 4.52. The molecule has 3 heterocycles. The Morgan fingerprint density at radius 1 is 1.27 bits per heavy atom. The maximum atomic E-state index is 12.3. The van der Waals surface area contributed by atoms with E-state index < -0.39 is 0 Å². The summed E-state index contributed by atoms with van der Waals surface area (Å²) in [6.45, 7) is 2.38. The lowest BCUT2D eigenvalue weighted by molar-refractivity contribution is 0.0900. The second-order valence-corrected chi connectivity index (χ2v) is 7.78. The highest BCUT2D eigenvalue weighted by molar-refractivity contribution is 7.10. The second-order valence-electron chi connectivity index (χ2n) is 6.34. The minimum Gasteiger partial charge on any atom is -0.459 e. The van der Waals surface area contributed by atoms with Gasteiger partial charge in [-0.15, -0.1) is 11.3 Å². The lowest BCUT2D eigenvalue weighted by atomic mass is 10.0. The molecule has 0 radical (unpaired) electrons. The van der Waals surface area contributed by atoms with Crippen molar-refractivity contribution in [2.24, 2.45) is 0 Å². The molecule has 1 unspecified atom stereocenters. The molecule has 1 amide bonds. The molecule has 1 atom stereocenters. The number of benzene rings is 1. The summed E-state index contributed by atoms with van der Waals surface area (Å²) in [5.41, 5.74) is 2.53. The molecule has 1 aliphatic rings. The molecule has 1 aromatic carbocycles. The fraction of sp³-hybridized carbons (Fsp3) is 0.250. The van der Waals surface area contributed by atoms with Crippen LogP contribution in [-0.4, -0.2) is 23.9 Å². The first-order valence-electron chi connectivity index (χ1n) is 8.57. The van der Waals surface area contributed by atoms with Crippen LogP contribution in [0.25, 0.3) is 0 Å². The molecule has 4 nitrogen and oxygen atoms in total. The highest BCUT2D eigenvalue weighted by atomic mass is 35.5. The fourth-order valence-corrected chi connectivity index (χ4v) is 4.38. The van der Waals surface area contributed by atoms with Gasteiger partial charge in [0.15, 0.2) is 5.76 Å². The van der Waals surface area contributed by atoms with Crippen molar-refractivity contribution in [3.8, 4) is 0 Å². The molecule has 6 heteroatoms. The quantitative estimate of drug-likeness (QED) is 0.701. The Morgan fingerprint density at radius 2 is 2.12 bits per heavy atom. The summed E-state index contributed by atoms with van der Waals surface area (Å²) in [4.78, 5) is 16.2. The van der Waals surface area contributed by atoms with Crippen molar-refractivity contribution < 1.29 is 9.21 Å². The lowest BCUT2D eigenvalue weighted by Crippen LogP contribution is -2.40. The summed E-state index contributed by atoms with van der Waals surface area (Å²) < 4.78 is 5.19. The molecule has 0 spiro atoms. The van der Waals surface area contributed by atoms with Gasteiger partial charge in [0.25, 0.3) is 5.91 Å². The molecule has 0 saturated heterocycles. The standard InChI is InChI=1S/C20H19ClN2O2S/c21-16-5-3-14(4-6-16)17(12-22-20(24)18-2-1-10-25-18)23-9-7-19-15(13-23)8-11-26-19/h1-6,8,10-11,17H,7,9,12-13H2,(H,22,24). The van der Waals surface area contributed by atoms with Gasteiger partial charge in [-0.05, 0) is 53.3 Å². The minimum atomic E-state index is -0.192. The number of halogens is 1. The van der Waals surface area contributed by atoms with E-state index in [-0.39, 0.29) is 11.9 Å². The van der Waals surface area contributed by atoms with Crippen molar-refractivity contribution >= 4 is 28.8 Å². The van der Waals surface area contributed by atoms with Gasteiger partial charge in [-0.3, -0.25) is 9.69 Å². The van der Waals surface area contributed by atoms with Crippen molar-refractivity contribution in [3.63, 3.8) is 0 Å². The number of carbonyl (C=O) groups is 1. The van der Waals surface area contributed by atoms with Crippen LogP contribution in [0.3, 0.4) is 0 Å². The minimum absolute atomic E-state index is 0.0826. The predicted molar refractivity (Wildman–Crippen MR) is 104 cm³/mol. The van der Waals surface area contributed by atoms with Gasteiger partial charge in [0.2, 0.25) is 0 Å². The second kappa shape index (κ2) is 7.66. The molecule has 0 bridgehead atoms. The van der Waals surface area contributed by atoms with Crippen LogP contribution in [0.4, 0.5) is 0 Å². The van der Waals surface area contributed by atoms with Gasteiger partial charge in [-0.1, -0.05) is 23.7 Å². The molecule has 2 aromatic heterocycles. The Bertz CT molecular complexity index is 874. The van der Waals surface area contributed by atoms with Gasteiger partial charge in [0.05, 0.1) is 12.3 Å². The van der Waals surface area contributed by atoms with E-state index in [2.05, 4.69) is 21.7 Å². The third-order valence-electron chi connectivity index (χ3n) is 4.73. The average Bonchev–Trinajstić information content (AvgIpc) is 3.34. The van der Waals surface area contributed by atoms with Crippen molar-refractivity contribution in [1.82, 2.24) is 10.2 Å². The molecule has 0 aliphatic carbocycles. The molecule has 26 heavy (non-hydrogen) atoms. The summed E-state index contributed by atoms with van der Waals surface area (Å²) in [5.74, 6) is 0.140. The van der Waals surface area contributed by atoms with Crippen LogP contribution < -0.4 is 5.32 Å².